The van der Waals surface area contributed by atoms with Crippen LogP contribution >= 0.6 is 0 Å². The van der Waals surface area contributed by atoms with Gasteiger partial charge in [0, 0.05) is 5.56 Å². The number of nitrogens with zero attached hydrogens (tertiary/aromatic N) is 1. The predicted octanol–water partition coefficient (Wildman–Crippen LogP) is 2.96. The molecular weight excluding hydrogens is 162 g/mol. The zero-order chi connectivity index (χ0) is 9.26. The van der Waals surface area contributed by atoms with Crippen LogP contribution in [0.25, 0.3) is 11.5 Å². The third kappa shape index (κ3) is 1.61. The Balaban J connectivity index is 2.46. The van der Waals surface area contributed by atoms with E-state index in [4.69, 9.17) is 4.42 Å². The van der Waals surface area contributed by atoms with E-state index in [-0.39, 0.29) is 0 Å². The maximum atomic E-state index is 5.41. The van der Waals surface area contributed by atoms with E-state index in [1.807, 2.05) is 19.1 Å². The van der Waals surface area contributed by atoms with Gasteiger partial charge in [0.1, 0.15) is 5.76 Å². The maximum absolute atomic E-state index is 5.41. The van der Waals surface area contributed by atoms with Gasteiger partial charge in [0.05, 0.1) is 6.20 Å². The number of aryl methyl sites for hydroxylation is 2. The van der Waals surface area contributed by atoms with E-state index < -0.39 is 0 Å². The standard InChI is InChI=1S/C11H11NO/c1-8-4-3-5-10(6-8)11-12-7-9(2)13-11/h3-7H,1-2H3. The Labute approximate surface area is 77.2 Å². The fourth-order valence-corrected chi connectivity index (χ4v) is 1.27. The number of aromatic nitrogens is 1. The van der Waals surface area contributed by atoms with Crippen LogP contribution in [0.15, 0.2) is 34.9 Å². The molecule has 2 heteroatoms. The third-order valence-electron chi connectivity index (χ3n) is 1.89. The van der Waals surface area contributed by atoms with Crippen LogP contribution in [-0.2, 0) is 0 Å². The molecule has 0 unspecified atom stereocenters. The zero-order valence-electron chi connectivity index (χ0n) is 7.74. The summed E-state index contributed by atoms with van der Waals surface area (Å²) in [6.45, 7) is 3.95. The van der Waals surface area contributed by atoms with Gasteiger partial charge >= 0.3 is 0 Å². The second-order valence-corrected chi connectivity index (χ2v) is 3.15. The van der Waals surface area contributed by atoms with Gasteiger partial charge in [0.15, 0.2) is 0 Å². The van der Waals surface area contributed by atoms with Crippen molar-refractivity contribution in [3.8, 4) is 11.5 Å². The summed E-state index contributed by atoms with van der Waals surface area (Å²) in [6, 6.07) is 8.12. The van der Waals surface area contributed by atoms with Crippen molar-refractivity contribution in [3.05, 3.63) is 41.8 Å². The van der Waals surface area contributed by atoms with Crippen LogP contribution in [0.4, 0.5) is 0 Å². The van der Waals surface area contributed by atoms with Gasteiger partial charge in [-0.3, -0.25) is 0 Å². The van der Waals surface area contributed by atoms with Crippen LogP contribution in [0.5, 0.6) is 0 Å². The van der Waals surface area contributed by atoms with Gasteiger partial charge in [-0.15, -0.1) is 0 Å². The van der Waals surface area contributed by atoms with Gasteiger partial charge in [0.2, 0.25) is 5.89 Å². The monoisotopic (exact) mass is 173 g/mol. The van der Waals surface area contributed by atoms with E-state index in [0.29, 0.717) is 5.89 Å². The van der Waals surface area contributed by atoms with E-state index in [9.17, 15) is 0 Å². The Morgan fingerprint density at radius 2 is 2.08 bits per heavy atom. The van der Waals surface area contributed by atoms with E-state index in [2.05, 4.69) is 24.0 Å². The molecule has 0 bridgehead atoms. The highest BCUT2D eigenvalue weighted by Crippen LogP contribution is 2.19. The Morgan fingerprint density at radius 3 is 2.69 bits per heavy atom. The smallest absolute Gasteiger partial charge is 0.226 e. The first kappa shape index (κ1) is 8.05. The van der Waals surface area contributed by atoms with Gasteiger partial charge in [-0.2, -0.15) is 0 Å². The molecule has 0 saturated heterocycles. The van der Waals surface area contributed by atoms with Crippen molar-refractivity contribution in [2.75, 3.05) is 0 Å². The van der Waals surface area contributed by atoms with Crippen LogP contribution in [-0.4, -0.2) is 4.98 Å². The number of hydrogen-bond donors (Lipinski definition) is 0. The Kier molecular flexibility index (Phi) is 1.89. The molecule has 2 rings (SSSR count). The average Bonchev–Trinajstić information content (AvgIpc) is 2.52. The second kappa shape index (κ2) is 3.05. The summed E-state index contributed by atoms with van der Waals surface area (Å²) in [5.74, 6) is 1.54. The third-order valence-corrected chi connectivity index (χ3v) is 1.89. The van der Waals surface area contributed by atoms with Crippen LogP contribution in [0, 0.1) is 13.8 Å². The molecule has 0 radical (unpaired) electrons. The minimum atomic E-state index is 0.696. The summed E-state index contributed by atoms with van der Waals surface area (Å²) < 4.78 is 5.41. The quantitative estimate of drug-likeness (QED) is 0.662. The molecule has 0 aliphatic heterocycles. The average molecular weight is 173 g/mol. The van der Waals surface area contributed by atoms with E-state index in [1.54, 1.807) is 6.20 Å². The van der Waals surface area contributed by atoms with Gasteiger partial charge in [-0.25, -0.2) is 4.98 Å². The number of benzene rings is 1. The molecule has 0 atom stereocenters. The summed E-state index contributed by atoms with van der Waals surface area (Å²) in [4.78, 5) is 4.16. The molecule has 13 heavy (non-hydrogen) atoms. The minimum absolute atomic E-state index is 0.696. The molecule has 0 aliphatic carbocycles. The molecule has 66 valence electrons. The Morgan fingerprint density at radius 1 is 1.23 bits per heavy atom. The molecule has 0 spiro atoms. The molecule has 2 aromatic rings. The number of oxazole rings is 1. The molecule has 0 fully saturated rings. The molecule has 0 aliphatic rings. The summed E-state index contributed by atoms with van der Waals surface area (Å²) in [7, 11) is 0. The first-order valence-corrected chi connectivity index (χ1v) is 4.25. The van der Waals surface area contributed by atoms with Crippen molar-refractivity contribution in [2.45, 2.75) is 13.8 Å². The lowest BCUT2D eigenvalue weighted by molar-refractivity contribution is 0.542. The first-order valence-electron chi connectivity index (χ1n) is 4.25. The van der Waals surface area contributed by atoms with E-state index >= 15 is 0 Å². The molecule has 0 amide bonds. The second-order valence-electron chi connectivity index (χ2n) is 3.15. The summed E-state index contributed by atoms with van der Waals surface area (Å²) in [5, 5.41) is 0. The molecule has 0 saturated carbocycles. The SMILES string of the molecule is Cc1cccc(-c2ncc(C)o2)c1. The van der Waals surface area contributed by atoms with Crippen molar-refractivity contribution in [2.24, 2.45) is 0 Å². The maximum Gasteiger partial charge on any atom is 0.226 e. The van der Waals surface area contributed by atoms with E-state index in [1.165, 1.54) is 5.56 Å². The minimum Gasteiger partial charge on any atom is -0.441 e. The topological polar surface area (TPSA) is 26.0 Å². The summed E-state index contributed by atoms with van der Waals surface area (Å²) in [6.07, 6.45) is 1.73. The fraction of sp³-hybridized carbons (Fsp3) is 0.182. The Hall–Kier alpha value is -1.57. The molecule has 1 aromatic heterocycles. The highest BCUT2D eigenvalue weighted by Gasteiger charge is 2.02. The summed E-state index contributed by atoms with van der Waals surface area (Å²) >= 11 is 0. The van der Waals surface area contributed by atoms with Crippen LogP contribution < -0.4 is 0 Å². The molecule has 1 aromatic carbocycles. The highest BCUT2D eigenvalue weighted by molar-refractivity contribution is 5.54. The van der Waals surface area contributed by atoms with Crippen LogP contribution in [0.3, 0.4) is 0 Å². The zero-order valence-corrected chi connectivity index (χ0v) is 7.74. The predicted molar refractivity (Wildman–Crippen MR) is 51.4 cm³/mol. The lowest BCUT2D eigenvalue weighted by atomic mass is 10.1. The fourth-order valence-electron chi connectivity index (χ4n) is 1.27. The Bertz CT molecular complexity index is 418. The van der Waals surface area contributed by atoms with Crippen molar-refractivity contribution >= 4 is 0 Å². The normalized spacial score (nSPS) is 10.3. The summed E-state index contributed by atoms with van der Waals surface area (Å²) in [5.41, 5.74) is 2.25. The largest absolute Gasteiger partial charge is 0.441 e. The van der Waals surface area contributed by atoms with Crippen molar-refractivity contribution in [3.63, 3.8) is 0 Å². The molecule has 1 heterocycles. The van der Waals surface area contributed by atoms with Gasteiger partial charge < -0.3 is 4.42 Å². The molecule has 2 nitrogen and oxygen atoms in total. The van der Waals surface area contributed by atoms with Crippen molar-refractivity contribution in [1.29, 1.82) is 0 Å². The van der Waals surface area contributed by atoms with Gasteiger partial charge in [-0.1, -0.05) is 17.7 Å². The van der Waals surface area contributed by atoms with Gasteiger partial charge in [-0.05, 0) is 26.0 Å². The highest BCUT2D eigenvalue weighted by atomic mass is 16.4. The van der Waals surface area contributed by atoms with Gasteiger partial charge in [0.25, 0.3) is 0 Å². The molecule has 0 N–H and O–H groups in total. The first-order chi connectivity index (χ1) is 6.25. The lowest BCUT2D eigenvalue weighted by Crippen LogP contribution is -1.77. The number of hydrogen-bond acceptors (Lipinski definition) is 2. The van der Waals surface area contributed by atoms with Crippen molar-refractivity contribution < 1.29 is 4.42 Å². The van der Waals surface area contributed by atoms with Crippen LogP contribution in [0.2, 0.25) is 0 Å². The molecular formula is C11H11NO. The van der Waals surface area contributed by atoms with Crippen LogP contribution in [0.1, 0.15) is 11.3 Å². The van der Waals surface area contributed by atoms with E-state index in [0.717, 1.165) is 11.3 Å². The lowest BCUT2D eigenvalue weighted by Gasteiger charge is -1.96. The van der Waals surface area contributed by atoms with Crippen molar-refractivity contribution in [1.82, 2.24) is 4.98 Å². The number of rotatable bonds is 1.